The smallest absolute Gasteiger partial charge is 0.200 e. The van der Waals surface area contributed by atoms with Gasteiger partial charge in [0, 0.05) is 5.56 Å². The van der Waals surface area contributed by atoms with Gasteiger partial charge in [-0.05, 0) is 12.1 Å². The minimum Gasteiger partial charge on any atom is -0.507 e. The number of phenols is 3. The van der Waals surface area contributed by atoms with E-state index in [0.717, 1.165) is 0 Å². The number of phenolic OH excluding ortho intramolecular Hbond substituents is 3. The zero-order chi connectivity index (χ0) is 30.6. The van der Waals surface area contributed by atoms with Crippen molar-refractivity contribution in [2.45, 2.75) is 61.4 Å². The number of carbonyl (C=O) groups is 1. The SMILES string of the molecule is COc1cc(C2CC(=O)c3c(O)c([C@@H]4OC[C@@H](O)[C@H](O)[C@H]4O)c(O)c([C@@H]4OC[C@@H](O)[C@H](O)[C@H]4O)c3O2)cc(OC)c1O. The summed E-state index contributed by atoms with van der Waals surface area (Å²) in [6, 6.07) is 2.78. The fourth-order valence-corrected chi connectivity index (χ4v) is 5.52. The number of rotatable bonds is 5. The average molecular weight is 597 g/mol. The topological polar surface area (TPSA) is 245 Å². The van der Waals surface area contributed by atoms with Gasteiger partial charge in [-0.2, -0.15) is 0 Å². The van der Waals surface area contributed by atoms with Gasteiger partial charge in [-0.15, -0.1) is 0 Å². The van der Waals surface area contributed by atoms with Gasteiger partial charge in [0.05, 0.1) is 45.0 Å². The molecule has 5 rings (SSSR count). The van der Waals surface area contributed by atoms with Crippen LogP contribution in [0.2, 0.25) is 0 Å². The number of aliphatic hydroxyl groups excluding tert-OH is 6. The molecule has 3 aliphatic heterocycles. The number of fused-ring (bicyclic) bond motifs is 1. The molecule has 0 aliphatic carbocycles. The summed E-state index contributed by atoms with van der Waals surface area (Å²) in [7, 11) is 2.60. The van der Waals surface area contributed by atoms with Crippen molar-refractivity contribution in [1.29, 1.82) is 0 Å². The summed E-state index contributed by atoms with van der Waals surface area (Å²) in [5.41, 5.74) is -1.15. The van der Waals surface area contributed by atoms with Crippen LogP contribution in [-0.4, -0.2) is 116 Å². The molecule has 9 N–H and O–H groups in total. The van der Waals surface area contributed by atoms with E-state index in [0.29, 0.717) is 5.56 Å². The van der Waals surface area contributed by atoms with Crippen molar-refractivity contribution >= 4 is 5.78 Å². The second kappa shape index (κ2) is 11.3. The van der Waals surface area contributed by atoms with E-state index < -0.39 is 108 Å². The van der Waals surface area contributed by atoms with Crippen LogP contribution < -0.4 is 14.2 Å². The molecule has 2 fully saturated rings. The van der Waals surface area contributed by atoms with Gasteiger partial charge in [0.25, 0.3) is 0 Å². The number of ether oxygens (including phenoxy) is 5. The van der Waals surface area contributed by atoms with Gasteiger partial charge in [0.15, 0.2) is 17.3 Å². The minimum atomic E-state index is -1.87. The maximum absolute atomic E-state index is 13.6. The molecule has 9 atom stereocenters. The van der Waals surface area contributed by atoms with E-state index in [-0.39, 0.29) is 23.7 Å². The molecular weight excluding hydrogens is 564 g/mol. The fraction of sp³-hybridized carbons (Fsp3) is 0.519. The number of benzene rings is 2. The lowest BCUT2D eigenvalue weighted by molar-refractivity contribution is -0.192. The molecule has 15 heteroatoms. The number of aliphatic hydroxyl groups is 6. The lowest BCUT2D eigenvalue weighted by atomic mass is 9.83. The number of Topliss-reactive ketones (excluding diaryl/α,β-unsaturated/α-hetero) is 1. The van der Waals surface area contributed by atoms with E-state index >= 15 is 0 Å². The molecule has 2 saturated heterocycles. The predicted molar refractivity (Wildman–Crippen MR) is 137 cm³/mol. The van der Waals surface area contributed by atoms with Crippen LogP contribution in [0.3, 0.4) is 0 Å². The molecule has 3 aliphatic rings. The van der Waals surface area contributed by atoms with Crippen LogP contribution >= 0.6 is 0 Å². The maximum atomic E-state index is 13.6. The second-order valence-electron chi connectivity index (χ2n) is 10.3. The summed E-state index contributed by atoms with van der Waals surface area (Å²) in [4.78, 5) is 13.6. The number of carbonyl (C=O) groups excluding carboxylic acids is 1. The predicted octanol–water partition coefficient (Wildman–Crippen LogP) is -1.16. The van der Waals surface area contributed by atoms with E-state index in [1.54, 1.807) is 0 Å². The first-order chi connectivity index (χ1) is 19.9. The molecule has 2 aromatic rings. The van der Waals surface area contributed by atoms with E-state index in [2.05, 4.69) is 0 Å². The Hall–Kier alpha value is -3.41. The van der Waals surface area contributed by atoms with Crippen LogP contribution in [-0.2, 0) is 9.47 Å². The van der Waals surface area contributed by atoms with Gasteiger partial charge >= 0.3 is 0 Å². The highest BCUT2D eigenvalue weighted by molar-refractivity contribution is 6.04. The lowest BCUT2D eigenvalue weighted by Gasteiger charge is -2.40. The van der Waals surface area contributed by atoms with Gasteiger partial charge in [-0.25, -0.2) is 0 Å². The number of hydrogen-bond donors (Lipinski definition) is 9. The number of methoxy groups -OCH3 is 2. The quantitative estimate of drug-likeness (QED) is 0.197. The molecule has 230 valence electrons. The Morgan fingerprint density at radius 1 is 0.714 bits per heavy atom. The monoisotopic (exact) mass is 596 g/mol. The van der Waals surface area contributed by atoms with Crippen molar-refractivity contribution in [3.8, 4) is 34.5 Å². The van der Waals surface area contributed by atoms with Crippen molar-refractivity contribution in [1.82, 2.24) is 0 Å². The van der Waals surface area contributed by atoms with E-state index in [1.807, 2.05) is 0 Å². The van der Waals surface area contributed by atoms with Gasteiger partial charge in [0.2, 0.25) is 5.75 Å². The van der Waals surface area contributed by atoms with Crippen LogP contribution in [0, 0.1) is 0 Å². The summed E-state index contributed by atoms with van der Waals surface area (Å²) < 4.78 is 27.5. The minimum absolute atomic E-state index is 0.000196. The Morgan fingerprint density at radius 3 is 1.71 bits per heavy atom. The Balaban J connectivity index is 1.70. The Labute approximate surface area is 238 Å². The van der Waals surface area contributed by atoms with Crippen molar-refractivity contribution in [3.63, 3.8) is 0 Å². The zero-order valence-corrected chi connectivity index (χ0v) is 22.4. The molecule has 0 radical (unpaired) electrons. The van der Waals surface area contributed by atoms with Crippen molar-refractivity contribution in [2.24, 2.45) is 0 Å². The van der Waals surface area contributed by atoms with Crippen LogP contribution in [0.25, 0.3) is 0 Å². The van der Waals surface area contributed by atoms with Crippen LogP contribution in [0.5, 0.6) is 34.5 Å². The van der Waals surface area contributed by atoms with E-state index in [1.165, 1.54) is 26.4 Å². The molecule has 3 heterocycles. The molecule has 15 nitrogen and oxygen atoms in total. The third-order valence-electron chi connectivity index (χ3n) is 7.83. The third kappa shape index (κ3) is 4.77. The molecule has 0 aromatic heterocycles. The molecule has 42 heavy (non-hydrogen) atoms. The first kappa shape index (κ1) is 30.1. The van der Waals surface area contributed by atoms with Crippen LogP contribution in [0.15, 0.2) is 12.1 Å². The van der Waals surface area contributed by atoms with Gasteiger partial charge in [-0.3, -0.25) is 4.79 Å². The fourth-order valence-electron chi connectivity index (χ4n) is 5.52. The maximum Gasteiger partial charge on any atom is 0.200 e. The van der Waals surface area contributed by atoms with E-state index in [9.17, 15) is 50.8 Å². The largest absolute Gasteiger partial charge is 0.507 e. The molecule has 0 bridgehead atoms. The number of aromatic hydroxyl groups is 3. The highest BCUT2D eigenvalue weighted by Gasteiger charge is 2.48. The summed E-state index contributed by atoms with van der Waals surface area (Å²) in [6.45, 7) is -0.997. The lowest BCUT2D eigenvalue weighted by Crippen LogP contribution is -2.50. The van der Waals surface area contributed by atoms with Crippen LogP contribution in [0.4, 0.5) is 0 Å². The second-order valence-corrected chi connectivity index (χ2v) is 10.3. The molecule has 0 amide bonds. The first-order valence-corrected chi connectivity index (χ1v) is 13.0. The molecule has 2 aromatic carbocycles. The Kier molecular flexibility index (Phi) is 8.12. The normalized spacial score (nSPS) is 33.0. The van der Waals surface area contributed by atoms with E-state index in [4.69, 9.17) is 23.7 Å². The first-order valence-electron chi connectivity index (χ1n) is 13.0. The van der Waals surface area contributed by atoms with Gasteiger partial charge in [-0.1, -0.05) is 0 Å². The Bertz CT molecular complexity index is 1340. The molecule has 0 spiro atoms. The third-order valence-corrected chi connectivity index (χ3v) is 7.83. The van der Waals surface area contributed by atoms with Crippen molar-refractivity contribution in [2.75, 3.05) is 27.4 Å². The summed E-state index contributed by atoms with van der Waals surface area (Å²) in [5, 5.41) is 95.1. The van der Waals surface area contributed by atoms with Gasteiger partial charge < -0.3 is 69.6 Å². The average Bonchev–Trinajstić information content (AvgIpc) is 2.96. The summed E-state index contributed by atoms with van der Waals surface area (Å²) in [6.07, 6.45) is -15.0. The standard InChI is InChI=1S/C27H32O15/c1-38-13-3-8(4-14(39-2)20(13)33)12-5-9(28)15-21(34)16(26-23(36)18(31)10(29)6-40-26)22(35)17(25(15)42-12)27-24(37)19(32)11(30)7-41-27/h3-4,10-12,18-19,23-24,26-27,29-37H,5-7H2,1-2H3/t10-,11-,12?,18+,19+,23-,24-,26+,27+/m1/s1. The molecule has 0 saturated carbocycles. The number of ketones is 1. The number of hydrogen-bond acceptors (Lipinski definition) is 15. The molecule has 1 unspecified atom stereocenters. The van der Waals surface area contributed by atoms with Gasteiger partial charge in [0.1, 0.15) is 77.7 Å². The summed E-state index contributed by atoms with van der Waals surface area (Å²) >= 11 is 0. The van der Waals surface area contributed by atoms with Crippen LogP contribution in [0.1, 0.15) is 51.8 Å². The van der Waals surface area contributed by atoms with Crippen molar-refractivity contribution < 1.29 is 74.4 Å². The summed E-state index contributed by atoms with van der Waals surface area (Å²) in [5.74, 6) is -3.17. The zero-order valence-electron chi connectivity index (χ0n) is 22.4. The Morgan fingerprint density at radius 2 is 1.21 bits per heavy atom. The molecular formula is C27H32O15. The van der Waals surface area contributed by atoms with Crippen molar-refractivity contribution in [3.05, 3.63) is 34.4 Å². The highest BCUT2D eigenvalue weighted by Crippen LogP contribution is 2.55. The highest BCUT2D eigenvalue weighted by atomic mass is 16.5.